The third kappa shape index (κ3) is 4.45. The van der Waals surface area contributed by atoms with E-state index in [0.29, 0.717) is 41.3 Å². The molecule has 2 bridgehead atoms. The van der Waals surface area contributed by atoms with Gasteiger partial charge in [0.15, 0.2) is 17.3 Å². The summed E-state index contributed by atoms with van der Waals surface area (Å²) in [6.45, 7) is 4.85. The molecule has 0 saturated carbocycles. The summed E-state index contributed by atoms with van der Waals surface area (Å²) in [5.74, 6) is 0.940. The van der Waals surface area contributed by atoms with Crippen molar-refractivity contribution in [3.63, 3.8) is 0 Å². The van der Waals surface area contributed by atoms with E-state index >= 15 is 4.39 Å². The van der Waals surface area contributed by atoms with E-state index < -0.39 is 5.82 Å². The lowest BCUT2D eigenvalue weighted by Gasteiger charge is -2.41. The predicted octanol–water partition coefficient (Wildman–Crippen LogP) is 4.76. The van der Waals surface area contributed by atoms with E-state index in [1.54, 1.807) is 28.9 Å². The number of carbonyl (C=O) groups excluding carboxylic acids is 1. The van der Waals surface area contributed by atoms with Crippen LogP contribution in [0.2, 0.25) is 5.02 Å². The van der Waals surface area contributed by atoms with Gasteiger partial charge >= 0.3 is 0 Å². The summed E-state index contributed by atoms with van der Waals surface area (Å²) in [6.07, 6.45) is 7.80. The smallest absolute Gasteiger partial charge is 0.246 e. The summed E-state index contributed by atoms with van der Waals surface area (Å²) >= 11 is 6.38. The molecule has 6 heterocycles. The number of amides is 1. The largest absolute Gasteiger partial charge is 0.455 e. The van der Waals surface area contributed by atoms with E-state index in [1.165, 1.54) is 24.8 Å². The average molecular weight is 572 g/mol. The number of ether oxygens (including phenoxy) is 1. The summed E-state index contributed by atoms with van der Waals surface area (Å²) < 4.78 is 22.9. The van der Waals surface area contributed by atoms with Crippen molar-refractivity contribution in [2.24, 2.45) is 0 Å². The minimum Gasteiger partial charge on any atom is -0.455 e. The Balaban J connectivity index is 1.16. The number of aromatic nitrogens is 6. The standard InChI is InChI=1S/C28H23ClFN9O2/c1-2-24(40)37-12-16-3-4-17(13-37)39(16)22-8-6-20-27(36-22)28(33-14-31-20)35-19-5-7-21(25(29)26(19)30)41-18-9-10-38-23(11-18)32-15-34-38/h2,5-11,14-17H,1,3-4,12-13H2,(H,31,33,35). The van der Waals surface area contributed by atoms with Crippen molar-refractivity contribution in [3.05, 3.63) is 78.7 Å². The highest BCUT2D eigenvalue weighted by atomic mass is 35.5. The second-order valence-corrected chi connectivity index (χ2v) is 10.3. The first-order valence-electron chi connectivity index (χ1n) is 13.0. The minimum atomic E-state index is -0.698. The first-order valence-corrected chi connectivity index (χ1v) is 13.4. The van der Waals surface area contributed by atoms with Crippen LogP contribution in [0, 0.1) is 5.82 Å². The SMILES string of the molecule is C=CC(=O)N1CC2CCC(C1)N2c1ccc2ncnc(Nc3ccc(Oc4ccn5ncnc5c4)c(Cl)c3F)c2n1. The number of piperazine rings is 1. The number of fused-ring (bicyclic) bond motifs is 4. The highest BCUT2D eigenvalue weighted by Crippen LogP contribution is 2.38. The van der Waals surface area contributed by atoms with Crippen LogP contribution >= 0.6 is 11.6 Å². The fourth-order valence-electron chi connectivity index (χ4n) is 5.57. The minimum absolute atomic E-state index is 0.0543. The van der Waals surface area contributed by atoms with Gasteiger partial charge in [0.1, 0.15) is 40.5 Å². The number of carbonyl (C=O) groups is 1. The lowest BCUT2D eigenvalue weighted by molar-refractivity contribution is -0.126. The van der Waals surface area contributed by atoms with E-state index in [9.17, 15) is 4.79 Å². The second-order valence-electron chi connectivity index (χ2n) is 9.89. The summed E-state index contributed by atoms with van der Waals surface area (Å²) in [4.78, 5) is 34.0. The molecule has 11 nitrogen and oxygen atoms in total. The molecule has 1 N–H and O–H groups in total. The molecule has 2 atom stereocenters. The number of nitrogens with one attached hydrogen (secondary N) is 1. The van der Waals surface area contributed by atoms with Crippen molar-refractivity contribution >= 4 is 51.5 Å². The van der Waals surface area contributed by atoms with Gasteiger partial charge in [-0.3, -0.25) is 4.79 Å². The van der Waals surface area contributed by atoms with E-state index in [1.807, 2.05) is 17.0 Å². The molecular formula is C28H23ClFN9O2. The molecule has 0 radical (unpaired) electrons. The highest BCUT2D eigenvalue weighted by Gasteiger charge is 2.41. The molecule has 41 heavy (non-hydrogen) atoms. The molecule has 2 saturated heterocycles. The van der Waals surface area contributed by atoms with Crippen molar-refractivity contribution < 1.29 is 13.9 Å². The summed E-state index contributed by atoms with van der Waals surface area (Å²) in [7, 11) is 0. The van der Waals surface area contributed by atoms with E-state index in [-0.39, 0.29) is 34.5 Å². The zero-order valence-electron chi connectivity index (χ0n) is 21.6. The van der Waals surface area contributed by atoms with E-state index in [0.717, 1.165) is 18.7 Å². The zero-order valence-corrected chi connectivity index (χ0v) is 22.4. The molecule has 2 aliphatic heterocycles. The molecule has 1 amide bonds. The van der Waals surface area contributed by atoms with Gasteiger partial charge < -0.3 is 19.9 Å². The Morgan fingerprint density at radius 2 is 1.93 bits per heavy atom. The first kappa shape index (κ1) is 25.1. The number of hydrogen-bond acceptors (Lipinski definition) is 9. The number of pyridine rings is 2. The topological polar surface area (TPSA) is 114 Å². The molecule has 0 spiro atoms. The quantitative estimate of drug-likeness (QED) is 0.288. The maximum absolute atomic E-state index is 15.5. The van der Waals surface area contributed by atoms with Gasteiger partial charge in [-0.1, -0.05) is 18.2 Å². The van der Waals surface area contributed by atoms with Crippen molar-refractivity contribution in [1.82, 2.24) is 34.4 Å². The maximum atomic E-state index is 15.5. The summed E-state index contributed by atoms with van der Waals surface area (Å²) in [5, 5.41) is 6.89. The van der Waals surface area contributed by atoms with Crippen LogP contribution in [0.3, 0.4) is 0 Å². The van der Waals surface area contributed by atoms with Crippen molar-refractivity contribution in [1.29, 1.82) is 0 Å². The number of rotatable bonds is 6. The molecular weight excluding hydrogens is 549 g/mol. The second kappa shape index (κ2) is 9.97. The zero-order chi connectivity index (χ0) is 28.1. The highest BCUT2D eigenvalue weighted by molar-refractivity contribution is 6.32. The van der Waals surface area contributed by atoms with Crippen LogP contribution in [0.25, 0.3) is 16.7 Å². The predicted molar refractivity (Wildman–Crippen MR) is 151 cm³/mol. The molecule has 1 aromatic carbocycles. The number of nitrogens with zero attached hydrogens (tertiary/aromatic N) is 8. The van der Waals surface area contributed by atoms with Crippen molar-refractivity contribution in [2.75, 3.05) is 23.3 Å². The molecule has 5 aromatic rings. The van der Waals surface area contributed by atoms with Gasteiger partial charge in [-0.25, -0.2) is 28.8 Å². The molecule has 206 valence electrons. The van der Waals surface area contributed by atoms with Gasteiger partial charge in [-0.05, 0) is 49.2 Å². The fraction of sp³-hybridized carbons (Fsp3) is 0.214. The van der Waals surface area contributed by atoms with Gasteiger partial charge in [0.25, 0.3) is 0 Å². The molecule has 4 aromatic heterocycles. The van der Waals surface area contributed by atoms with Gasteiger partial charge in [0.05, 0.1) is 11.2 Å². The average Bonchev–Trinajstić information content (AvgIpc) is 3.57. The molecule has 7 rings (SSSR count). The Morgan fingerprint density at radius 1 is 1.10 bits per heavy atom. The van der Waals surface area contributed by atoms with Crippen molar-refractivity contribution in [3.8, 4) is 11.5 Å². The number of anilines is 3. The van der Waals surface area contributed by atoms with Gasteiger partial charge in [-0.2, -0.15) is 5.10 Å². The van der Waals surface area contributed by atoms with Crippen LogP contribution in [0.15, 0.2) is 67.9 Å². The van der Waals surface area contributed by atoms with Crippen LogP contribution in [-0.2, 0) is 4.79 Å². The maximum Gasteiger partial charge on any atom is 0.246 e. The van der Waals surface area contributed by atoms with Gasteiger partial charge in [-0.15, -0.1) is 0 Å². The first-order chi connectivity index (χ1) is 20.0. The Kier molecular flexibility index (Phi) is 6.11. The fourth-order valence-corrected chi connectivity index (χ4v) is 5.78. The molecule has 2 fully saturated rings. The van der Waals surface area contributed by atoms with Gasteiger partial charge in [0.2, 0.25) is 5.91 Å². The third-order valence-corrected chi connectivity index (χ3v) is 7.83. The van der Waals surface area contributed by atoms with Crippen LogP contribution in [-0.4, -0.2) is 65.5 Å². The van der Waals surface area contributed by atoms with Crippen LogP contribution in [0.4, 0.5) is 21.7 Å². The number of halogens is 2. The third-order valence-electron chi connectivity index (χ3n) is 7.48. The Morgan fingerprint density at radius 3 is 2.73 bits per heavy atom. The normalized spacial score (nSPS) is 18.2. The number of likely N-dealkylation sites (tertiary alicyclic amines) is 1. The molecule has 13 heteroatoms. The summed E-state index contributed by atoms with van der Waals surface area (Å²) in [6, 6.07) is 10.6. The van der Waals surface area contributed by atoms with Crippen LogP contribution in [0.1, 0.15) is 12.8 Å². The Bertz CT molecular complexity index is 1820. The Labute approximate surface area is 238 Å². The van der Waals surface area contributed by atoms with Crippen LogP contribution in [0.5, 0.6) is 11.5 Å². The monoisotopic (exact) mass is 571 g/mol. The lowest BCUT2D eigenvalue weighted by atomic mass is 10.1. The van der Waals surface area contributed by atoms with Gasteiger partial charge in [0, 0.05) is 37.4 Å². The number of benzene rings is 1. The summed E-state index contributed by atoms with van der Waals surface area (Å²) in [5.41, 5.74) is 1.79. The van der Waals surface area contributed by atoms with E-state index in [4.69, 9.17) is 21.3 Å². The van der Waals surface area contributed by atoms with Crippen molar-refractivity contribution in [2.45, 2.75) is 24.9 Å². The number of hydrogen-bond donors (Lipinski definition) is 1. The molecule has 2 unspecified atom stereocenters. The van der Waals surface area contributed by atoms with Crippen LogP contribution < -0.4 is 15.0 Å². The van der Waals surface area contributed by atoms with E-state index in [2.05, 4.69) is 36.8 Å². The molecule has 2 aliphatic rings. The lowest BCUT2D eigenvalue weighted by Crippen LogP contribution is -2.55. The Hall–Kier alpha value is -4.84. The molecule has 0 aliphatic carbocycles.